The second-order valence-corrected chi connectivity index (χ2v) is 4.57. The number of hydrogen-bond donors (Lipinski definition) is 0. The average Bonchev–Trinajstić information content (AvgIpc) is 3.06. The van der Waals surface area contributed by atoms with E-state index >= 15 is 0 Å². The molecular formula is C13H15NO4. The Balaban J connectivity index is 2.28. The zero-order valence-corrected chi connectivity index (χ0v) is 10.4. The van der Waals surface area contributed by atoms with Gasteiger partial charge in [0.15, 0.2) is 0 Å². The maximum Gasteiger partial charge on any atom is 0.385 e. The van der Waals surface area contributed by atoms with Crippen LogP contribution in [-0.4, -0.2) is 23.0 Å². The molecule has 0 radical (unpaired) electrons. The van der Waals surface area contributed by atoms with Gasteiger partial charge in [-0.3, -0.25) is 10.1 Å². The van der Waals surface area contributed by atoms with Gasteiger partial charge in [0, 0.05) is 11.3 Å². The number of esters is 1. The Hall–Kier alpha value is -1.91. The molecule has 18 heavy (non-hydrogen) atoms. The second-order valence-electron chi connectivity index (χ2n) is 4.57. The van der Waals surface area contributed by atoms with Gasteiger partial charge in [-0.25, -0.2) is 4.79 Å². The Morgan fingerprint density at radius 1 is 1.61 bits per heavy atom. The van der Waals surface area contributed by atoms with Gasteiger partial charge in [0.1, 0.15) is 0 Å². The molecule has 96 valence electrons. The highest BCUT2D eigenvalue weighted by Crippen LogP contribution is 2.54. The van der Waals surface area contributed by atoms with E-state index in [-0.39, 0.29) is 18.9 Å². The molecule has 5 heteroatoms. The number of benzene rings is 1. The molecule has 0 aromatic heterocycles. The molecule has 1 saturated carbocycles. The molecule has 1 aromatic carbocycles. The molecule has 2 rings (SSSR count). The van der Waals surface area contributed by atoms with Crippen molar-refractivity contribution in [1.29, 1.82) is 0 Å². The topological polar surface area (TPSA) is 69.4 Å². The standard InChI is InChI=1S/C13H15NO4/c1-3-18-12(15)13(14(16)17)8-11(13)10-6-4-5-9(2)7-10/h4-7,11H,3,8H2,1-2H3. The van der Waals surface area contributed by atoms with E-state index in [4.69, 9.17) is 4.74 Å². The van der Waals surface area contributed by atoms with Crippen LogP contribution in [-0.2, 0) is 9.53 Å². The van der Waals surface area contributed by atoms with Crippen molar-refractivity contribution in [3.05, 3.63) is 45.5 Å². The number of ether oxygens (including phenoxy) is 1. The summed E-state index contributed by atoms with van der Waals surface area (Å²) in [5.74, 6) is -1.09. The normalized spacial score (nSPS) is 25.6. The molecule has 1 aromatic rings. The highest BCUT2D eigenvalue weighted by Gasteiger charge is 2.74. The first-order valence-electron chi connectivity index (χ1n) is 5.90. The zero-order valence-electron chi connectivity index (χ0n) is 10.4. The lowest BCUT2D eigenvalue weighted by Crippen LogP contribution is -2.35. The van der Waals surface area contributed by atoms with E-state index in [1.165, 1.54) is 0 Å². The molecule has 0 heterocycles. The van der Waals surface area contributed by atoms with Crippen molar-refractivity contribution >= 4 is 5.97 Å². The van der Waals surface area contributed by atoms with E-state index in [0.717, 1.165) is 11.1 Å². The van der Waals surface area contributed by atoms with Crippen molar-refractivity contribution in [2.24, 2.45) is 0 Å². The summed E-state index contributed by atoms with van der Waals surface area (Å²) in [6, 6.07) is 7.47. The van der Waals surface area contributed by atoms with Crippen LogP contribution < -0.4 is 0 Å². The van der Waals surface area contributed by atoms with Gasteiger partial charge < -0.3 is 4.74 Å². The Labute approximate surface area is 105 Å². The summed E-state index contributed by atoms with van der Waals surface area (Å²) in [5, 5.41) is 11.2. The number of carbonyl (C=O) groups is 1. The lowest BCUT2D eigenvalue weighted by molar-refractivity contribution is -0.527. The zero-order chi connectivity index (χ0) is 13.3. The first-order valence-corrected chi connectivity index (χ1v) is 5.90. The van der Waals surface area contributed by atoms with Crippen LogP contribution in [0.2, 0.25) is 0 Å². The lowest BCUT2D eigenvalue weighted by atomic mass is 10.0. The molecule has 1 aliphatic rings. The van der Waals surface area contributed by atoms with Crippen LogP contribution in [0, 0.1) is 17.0 Å². The quantitative estimate of drug-likeness (QED) is 0.465. The molecule has 5 nitrogen and oxygen atoms in total. The van der Waals surface area contributed by atoms with Crippen LogP contribution in [0.15, 0.2) is 24.3 Å². The van der Waals surface area contributed by atoms with Crippen molar-refractivity contribution < 1.29 is 14.5 Å². The van der Waals surface area contributed by atoms with E-state index < -0.39 is 16.4 Å². The monoisotopic (exact) mass is 249 g/mol. The first kappa shape index (κ1) is 12.5. The minimum atomic E-state index is -1.57. The SMILES string of the molecule is CCOC(=O)C1([N+](=O)[O-])CC1c1cccc(C)c1. The molecule has 0 saturated heterocycles. The molecule has 0 aliphatic heterocycles. The highest BCUT2D eigenvalue weighted by atomic mass is 16.6. The molecule has 0 amide bonds. The summed E-state index contributed by atoms with van der Waals surface area (Å²) in [7, 11) is 0. The Kier molecular flexibility index (Phi) is 3.07. The van der Waals surface area contributed by atoms with E-state index in [1.807, 2.05) is 31.2 Å². The van der Waals surface area contributed by atoms with Crippen molar-refractivity contribution in [1.82, 2.24) is 0 Å². The van der Waals surface area contributed by atoms with E-state index in [0.29, 0.717) is 0 Å². The van der Waals surface area contributed by atoms with Crippen LogP contribution in [0.1, 0.15) is 30.4 Å². The van der Waals surface area contributed by atoms with Crippen LogP contribution in [0.5, 0.6) is 0 Å². The van der Waals surface area contributed by atoms with E-state index in [2.05, 4.69) is 0 Å². The van der Waals surface area contributed by atoms with Gasteiger partial charge in [-0.1, -0.05) is 29.8 Å². The first-order chi connectivity index (χ1) is 8.52. The predicted octanol–water partition coefficient (Wildman–Crippen LogP) is 2.06. The third-order valence-electron chi connectivity index (χ3n) is 3.33. The smallest absolute Gasteiger partial charge is 0.385 e. The fraction of sp³-hybridized carbons (Fsp3) is 0.462. The third kappa shape index (κ3) is 1.85. The molecule has 2 unspecified atom stereocenters. The lowest BCUT2D eigenvalue weighted by Gasteiger charge is -2.08. The number of aryl methyl sites for hydroxylation is 1. The van der Waals surface area contributed by atoms with Gasteiger partial charge in [-0.05, 0) is 19.4 Å². The number of nitro groups is 1. The minimum Gasteiger partial charge on any atom is -0.461 e. The number of hydrogen-bond acceptors (Lipinski definition) is 4. The van der Waals surface area contributed by atoms with Crippen molar-refractivity contribution in [3.63, 3.8) is 0 Å². The van der Waals surface area contributed by atoms with Gasteiger partial charge in [0.2, 0.25) is 0 Å². The summed E-state index contributed by atoms with van der Waals surface area (Å²) in [6.07, 6.45) is 0.224. The molecule has 0 bridgehead atoms. The average molecular weight is 249 g/mol. The van der Waals surface area contributed by atoms with Crippen molar-refractivity contribution in [3.8, 4) is 0 Å². The molecule has 1 aliphatic carbocycles. The second kappa shape index (κ2) is 4.40. The van der Waals surface area contributed by atoms with Gasteiger partial charge in [0.25, 0.3) is 0 Å². The summed E-state index contributed by atoms with van der Waals surface area (Å²) >= 11 is 0. The summed E-state index contributed by atoms with van der Waals surface area (Å²) in [5.41, 5.74) is 0.296. The van der Waals surface area contributed by atoms with Gasteiger partial charge in [-0.2, -0.15) is 0 Å². The predicted molar refractivity (Wildman–Crippen MR) is 64.9 cm³/mol. The molecule has 0 spiro atoms. The Morgan fingerprint density at radius 2 is 2.33 bits per heavy atom. The maximum atomic E-state index is 11.8. The van der Waals surface area contributed by atoms with Gasteiger partial charge in [0.05, 0.1) is 12.5 Å². The van der Waals surface area contributed by atoms with Crippen LogP contribution in [0.4, 0.5) is 0 Å². The molecule has 0 N–H and O–H groups in total. The van der Waals surface area contributed by atoms with E-state index in [9.17, 15) is 14.9 Å². The fourth-order valence-corrected chi connectivity index (χ4v) is 2.29. The number of carbonyl (C=O) groups excluding carboxylic acids is 1. The third-order valence-corrected chi connectivity index (χ3v) is 3.33. The number of nitrogens with zero attached hydrogens (tertiary/aromatic N) is 1. The van der Waals surface area contributed by atoms with Crippen LogP contribution in [0.25, 0.3) is 0 Å². The summed E-state index contributed by atoms with van der Waals surface area (Å²) in [4.78, 5) is 22.4. The highest BCUT2D eigenvalue weighted by molar-refractivity contribution is 5.85. The van der Waals surface area contributed by atoms with Crippen molar-refractivity contribution in [2.75, 3.05) is 6.61 Å². The van der Waals surface area contributed by atoms with Crippen LogP contribution in [0.3, 0.4) is 0 Å². The van der Waals surface area contributed by atoms with Gasteiger partial charge >= 0.3 is 11.5 Å². The molecular weight excluding hydrogens is 234 g/mol. The van der Waals surface area contributed by atoms with Crippen LogP contribution >= 0.6 is 0 Å². The molecule has 2 atom stereocenters. The van der Waals surface area contributed by atoms with Gasteiger partial charge in [-0.15, -0.1) is 0 Å². The Bertz CT molecular complexity index is 500. The Morgan fingerprint density at radius 3 is 2.89 bits per heavy atom. The fourth-order valence-electron chi connectivity index (χ4n) is 2.29. The maximum absolute atomic E-state index is 11.8. The summed E-state index contributed by atoms with van der Waals surface area (Å²) in [6.45, 7) is 3.73. The minimum absolute atomic E-state index is 0.162. The summed E-state index contributed by atoms with van der Waals surface area (Å²) < 4.78 is 4.83. The van der Waals surface area contributed by atoms with Crippen molar-refractivity contribution in [2.45, 2.75) is 31.7 Å². The largest absolute Gasteiger partial charge is 0.461 e. The number of rotatable bonds is 4. The van der Waals surface area contributed by atoms with E-state index in [1.54, 1.807) is 6.92 Å². The molecule has 1 fully saturated rings.